The van der Waals surface area contributed by atoms with E-state index in [9.17, 15) is 9.59 Å². The lowest BCUT2D eigenvalue weighted by Gasteiger charge is -2.11. The number of rotatable bonds is 5. The van der Waals surface area contributed by atoms with Gasteiger partial charge in [0.15, 0.2) is 5.13 Å². The molecule has 3 heterocycles. The molecule has 0 unspecified atom stereocenters. The van der Waals surface area contributed by atoms with Crippen molar-refractivity contribution < 1.29 is 9.53 Å². The van der Waals surface area contributed by atoms with E-state index >= 15 is 0 Å². The molecule has 0 spiro atoms. The molecule has 4 aromatic rings. The van der Waals surface area contributed by atoms with Crippen LogP contribution in [0.1, 0.15) is 23.0 Å². The smallest absolute Gasteiger partial charge is 0.262 e. The largest absolute Gasteiger partial charge is 0.497 e. The number of fused-ring (bicyclic) bond motifs is 1. The van der Waals surface area contributed by atoms with E-state index in [1.54, 1.807) is 25.4 Å². The van der Waals surface area contributed by atoms with Gasteiger partial charge in [0, 0.05) is 29.4 Å². The highest BCUT2D eigenvalue weighted by molar-refractivity contribution is 7.14. The first kappa shape index (κ1) is 19.8. The number of pyridine rings is 2. The van der Waals surface area contributed by atoms with Gasteiger partial charge in [-0.2, -0.15) is 0 Å². The van der Waals surface area contributed by atoms with E-state index in [4.69, 9.17) is 4.74 Å². The maximum Gasteiger partial charge on any atom is 0.262 e. The minimum atomic E-state index is -0.486. The fourth-order valence-corrected chi connectivity index (χ4v) is 3.87. The van der Waals surface area contributed by atoms with Crippen molar-refractivity contribution in [2.24, 2.45) is 0 Å². The monoisotopic (exact) mass is 420 g/mol. The van der Waals surface area contributed by atoms with Crippen LogP contribution in [0.25, 0.3) is 22.3 Å². The molecule has 0 saturated heterocycles. The number of methoxy groups -OCH3 is 1. The Balaban J connectivity index is 1.63. The van der Waals surface area contributed by atoms with E-state index in [2.05, 4.69) is 15.3 Å². The number of carbonyl (C=O) groups excluding carboxylic acids is 1. The van der Waals surface area contributed by atoms with E-state index in [1.807, 2.05) is 48.1 Å². The van der Waals surface area contributed by atoms with Crippen molar-refractivity contribution in [1.82, 2.24) is 14.5 Å². The Morgan fingerprint density at radius 3 is 2.63 bits per heavy atom. The standard InChI is InChI=1S/C22H20N4O3S/c1-4-26-11-17(19(27)16-10-5-13(2)23-20(16)26)21(28)25-22-24-18(12-30-22)14-6-8-15(29-3)9-7-14/h5-12H,4H2,1-3H3,(H,24,25,28). The summed E-state index contributed by atoms with van der Waals surface area (Å²) >= 11 is 1.30. The highest BCUT2D eigenvalue weighted by atomic mass is 32.1. The summed E-state index contributed by atoms with van der Waals surface area (Å²) in [6.07, 6.45) is 1.56. The summed E-state index contributed by atoms with van der Waals surface area (Å²) in [6, 6.07) is 11.0. The summed E-state index contributed by atoms with van der Waals surface area (Å²) in [5, 5.41) is 5.46. The van der Waals surface area contributed by atoms with E-state index in [-0.39, 0.29) is 11.0 Å². The van der Waals surface area contributed by atoms with Crippen LogP contribution in [-0.2, 0) is 6.54 Å². The molecule has 30 heavy (non-hydrogen) atoms. The first-order chi connectivity index (χ1) is 14.5. The Bertz CT molecular complexity index is 1290. The van der Waals surface area contributed by atoms with Crippen LogP contribution in [0.2, 0.25) is 0 Å². The number of anilines is 1. The number of aromatic nitrogens is 3. The van der Waals surface area contributed by atoms with Gasteiger partial charge in [0.1, 0.15) is 17.0 Å². The first-order valence-corrected chi connectivity index (χ1v) is 10.3. The minimum absolute atomic E-state index is 0.0659. The molecule has 0 saturated carbocycles. The molecule has 0 fully saturated rings. The lowest BCUT2D eigenvalue weighted by atomic mass is 10.1. The van der Waals surface area contributed by atoms with E-state index in [0.717, 1.165) is 22.7 Å². The van der Waals surface area contributed by atoms with Crippen LogP contribution in [0, 0.1) is 6.92 Å². The summed E-state index contributed by atoms with van der Waals surface area (Å²) in [4.78, 5) is 34.7. The third-order valence-corrected chi connectivity index (χ3v) is 5.51. The molecule has 0 atom stereocenters. The summed E-state index contributed by atoms with van der Waals surface area (Å²) in [7, 11) is 1.61. The second kappa shape index (κ2) is 8.08. The van der Waals surface area contributed by atoms with Gasteiger partial charge in [-0.3, -0.25) is 14.9 Å². The number of hydrogen-bond acceptors (Lipinski definition) is 6. The average Bonchev–Trinajstić information content (AvgIpc) is 3.22. The van der Waals surface area contributed by atoms with Crippen molar-refractivity contribution in [2.75, 3.05) is 12.4 Å². The molecular weight excluding hydrogens is 400 g/mol. The predicted molar refractivity (Wildman–Crippen MR) is 118 cm³/mol. The fraction of sp³-hybridized carbons (Fsp3) is 0.182. The summed E-state index contributed by atoms with van der Waals surface area (Å²) in [6.45, 7) is 4.40. The van der Waals surface area contributed by atoms with Gasteiger partial charge < -0.3 is 9.30 Å². The summed E-state index contributed by atoms with van der Waals surface area (Å²) < 4.78 is 6.98. The molecule has 1 amide bonds. The zero-order valence-corrected chi connectivity index (χ0v) is 17.6. The minimum Gasteiger partial charge on any atom is -0.497 e. The van der Waals surface area contributed by atoms with Gasteiger partial charge in [-0.15, -0.1) is 11.3 Å². The van der Waals surface area contributed by atoms with Crippen molar-refractivity contribution >= 4 is 33.4 Å². The van der Waals surface area contributed by atoms with Gasteiger partial charge in [-0.05, 0) is 50.2 Å². The van der Waals surface area contributed by atoms with E-state index < -0.39 is 5.91 Å². The molecule has 3 aromatic heterocycles. The second-order valence-corrected chi connectivity index (χ2v) is 7.56. The zero-order chi connectivity index (χ0) is 21.3. The van der Waals surface area contributed by atoms with Crippen molar-refractivity contribution in [3.05, 3.63) is 69.5 Å². The number of hydrogen-bond donors (Lipinski definition) is 1. The van der Waals surface area contributed by atoms with Crippen molar-refractivity contribution in [3.63, 3.8) is 0 Å². The van der Waals surface area contributed by atoms with Crippen LogP contribution in [0.3, 0.4) is 0 Å². The van der Waals surface area contributed by atoms with Crippen LogP contribution >= 0.6 is 11.3 Å². The molecule has 0 aliphatic rings. The van der Waals surface area contributed by atoms with Crippen molar-refractivity contribution in [1.29, 1.82) is 0 Å². The molecular formula is C22H20N4O3S. The van der Waals surface area contributed by atoms with Crippen molar-refractivity contribution in [3.8, 4) is 17.0 Å². The Hall–Kier alpha value is -3.52. The number of benzene rings is 1. The number of aryl methyl sites for hydroxylation is 2. The normalized spacial score (nSPS) is 10.9. The van der Waals surface area contributed by atoms with Gasteiger partial charge in [0.05, 0.1) is 18.2 Å². The van der Waals surface area contributed by atoms with Crippen LogP contribution in [0.4, 0.5) is 5.13 Å². The van der Waals surface area contributed by atoms with Crippen LogP contribution < -0.4 is 15.5 Å². The molecule has 0 bridgehead atoms. The molecule has 0 aliphatic carbocycles. The Morgan fingerprint density at radius 2 is 1.93 bits per heavy atom. The summed E-state index contributed by atoms with van der Waals surface area (Å²) in [5.41, 5.74) is 2.77. The lowest BCUT2D eigenvalue weighted by Crippen LogP contribution is -2.24. The molecule has 8 heteroatoms. The van der Waals surface area contributed by atoms with Gasteiger partial charge >= 0.3 is 0 Å². The number of nitrogens with zero attached hydrogens (tertiary/aromatic N) is 3. The van der Waals surface area contributed by atoms with Crippen LogP contribution in [-0.4, -0.2) is 27.6 Å². The lowest BCUT2D eigenvalue weighted by molar-refractivity contribution is 0.102. The number of thiazole rings is 1. The topological polar surface area (TPSA) is 86.1 Å². The quantitative estimate of drug-likeness (QED) is 0.525. The SMILES string of the molecule is CCn1cc(C(=O)Nc2nc(-c3ccc(OC)cc3)cs2)c(=O)c2ccc(C)nc21. The summed E-state index contributed by atoms with van der Waals surface area (Å²) in [5.74, 6) is 0.274. The maximum absolute atomic E-state index is 12.9. The predicted octanol–water partition coefficient (Wildman–Crippen LogP) is 4.11. The van der Waals surface area contributed by atoms with Gasteiger partial charge in [-0.25, -0.2) is 9.97 Å². The third-order valence-electron chi connectivity index (χ3n) is 4.76. The first-order valence-electron chi connectivity index (χ1n) is 9.42. The Kier molecular flexibility index (Phi) is 5.33. The number of carbonyl (C=O) groups is 1. The molecule has 0 radical (unpaired) electrons. The Labute approximate surface area is 177 Å². The van der Waals surface area contributed by atoms with Crippen LogP contribution in [0.5, 0.6) is 5.75 Å². The molecule has 7 nitrogen and oxygen atoms in total. The third kappa shape index (κ3) is 3.69. The van der Waals surface area contributed by atoms with Gasteiger partial charge in [-0.1, -0.05) is 0 Å². The van der Waals surface area contributed by atoms with E-state index in [1.165, 1.54) is 11.3 Å². The molecule has 1 N–H and O–H groups in total. The van der Waals surface area contributed by atoms with Gasteiger partial charge in [0.25, 0.3) is 5.91 Å². The average molecular weight is 420 g/mol. The molecule has 0 aliphatic heterocycles. The molecule has 152 valence electrons. The van der Waals surface area contributed by atoms with Crippen LogP contribution in [0.15, 0.2) is 52.8 Å². The number of amides is 1. The highest BCUT2D eigenvalue weighted by Crippen LogP contribution is 2.26. The number of ether oxygens (including phenoxy) is 1. The van der Waals surface area contributed by atoms with E-state index in [0.29, 0.717) is 22.7 Å². The molecule has 1 aromatic carbocycles. The highest BCUT2D eigenvalue weighted by Gasteiger charge is 2.17. The fourth-order valence-electron chi connectivity index (χ4n) is 3.15. The van der Waals surface area contributed by atoms with Crippen molar-refractivity contribution in [2.45, 2.75) is 20.4 Å². The van der Waals surface area contributed by atoms with Gasteiger partial charge in [0.2, 0.25) is 5.43 Å². The number of nitrogens with one attached hydrogen (secondary N) is 1. The maximum atomic E-state index is 12.9. The Morgan fingerprint density at radius 1 is 1.17 bits per heavy atom. The zero-order valence-electron chi connectivity index (χ0n) is 16.8. The second-order valence-electron chi connectivity index (χ2n) is 6.70. The molecule has 4 rings (SSSR count).